The summed E-state index contributed by atoms with van der Waals surface area (Å²) >= 11 is 8.84. The van der Waals surface area contributed by atoms with Gasteiger partial charge in [0.25, 0.3) is 0 Å². The van der Waals surface area contributed by atoms with Crippen molar-refractivity contribution in [2.24, 2.45) is 0 Å². The number of hydrogen-bond donors (Lipinski definition) is 0. The summed E-state index contributed by atoms with van der Waals surface area (Å²) < 4.78 is 15.8. The molecule has 35 heavy (non-hydrogen) atoms. The van der Waals surface area contributed by atoms with Crippen molar-refractivity contribution in [2.75, 3.05) is 14.2 Å². The van der Waals surface area contributed by atoms with Gasteiger partial charge in [-0.2, -0.15) is 0 Å². The largest absolute Gasteiger partial charge is 0.497 e. The van der Waals surface area contributed by atoms with Gasteiger partial charge in [-0.1, -0.05) is 37.1 Å². The number of aromatic nitrogens is 1. The van der Waals surface area contributed by atoms with Crippen molar-refractivity contribution < 1.29 is 9.47 Å². The van der Waals surface area contributed by atoms with Gasteiger partial charge in [0.2, 0.25) is 0 Å². The van der Waals surface area contributed by atoms with Crippen LogP contribution in [0, 0.1) is 0 Å². The first kappa shape index (κ1) is 22.3. The maximum Gasteiger partial charge on any atom is 0.120 e. The van der Waals surface area contributed by atoms with Crippen LogP contribution >= 0.6 is 22.9 Å². The molecule has 6 rings (SSSR count). The van der Waals surface area contributed by atoms with E-state index in [1.807, 2.05) is 23.5 Å². The third-order valence-electron chi connectivity index (χ3n) is 6.79. The number of nitrogens with zero attached hydrogens (tertiary/aromatic N) is 1. The molecule has 0 aliphatic carbocycles. The molecule has 0 unspecified atom stereocenters. The molecular formula is C30H26ClNO2S. The monoisotopic (exact) mass is 499 g/mol. The molecule has 0 N–H and O–H groups in total. The van der Waals surface area contributed by atoms with Crippen LogP contribution < -0.4 is 9.47 Å². The van der Waals surface area contributed by atoms with E-state index in [2.05, 4.69) is 66.1 Å². The SMILES string of the molecule is CCCCc1cc(Cl)c2c(c1)c1sc3cc(OC)ccc3c1n2-c1ccc2ccc(OC)cc2c1. The van der Waals surface area contributed by atoms with Crippen LogP contribution in [-0.4, -0.2) is 18.8 Å². The van der Waals surface area contributed by atoms with Crippen molar-refractivity contribution >= 4 is 64.9 Å². The van der Waals surface area contributed by atoms with E-state index in [0.29, 0.717) is 0 Å². The average Bonchev–Trinajstić information content (AvgIpc) is 3.41. The van der Waals surface area contributed by atoms with Gasteiger partial charge in [-0.15, -0.1) is 11.3 Å². The lowest BCUT2D eigenvalue weighted by molar-refractivity contribution is 0.415. The molecule has 2 aromatic heterocycles. The minimum absolute atomic E-state index is 0.796. The fourth-order valence-electron chi connectivity index (χ4n) is 5.02. The van der Waals surface area contributed by atoms with Gasteiger partial charge < -0.3 is 14.0 Å². The smallest absolute Gasteiger partial charge is 0.120 e. The van der Waals surface area contributed by atoms with E-state index in [4.69, 9.17) is 21.1 Å². The zero-order chi connectivity index (χ0) is 24.1. The van der Waals surface area contributed by atoms with E-state index in [-0.39, 0.29) is 0 Å². The predicted octanol–water partition coefficient (Wildman–Crippen LogP) is 9.16. The Hall–Kier alpha value is -3.21. The zero-order valence-corrected chi connectivity index (χ0v) is 21.6. The van der Waals surface area contributed by atoms with Gasteiger partial charge in [-0.3, -0.25) is 0 Å². The van der Waals surface area contributed by atoms with Crippen LogP contribution in [0.15, 0.2) is 66.7 Å². The Morgan fingerprint density at radius 2 is 1.57 bits per heavy atom. The van der Waals surface area contributed by atoms with Gasteiger partial charge in [0, 0.05) is 21.2 Å². The van der Waals surface area contributed by atoms with Crippen molar-refractivity contribution in [1.82, 2.24) is 4.57 Å². The second-order valence-electron chi connectivity index (χ2n) is 8.95. The first-order valence-corrected chi connectivity index (χ1v) is 13.1. The van der Waals surface area contributed by atoms with E-state index in [1.54, 1.807) is 14.2 Å². The predicted molar refractivity (Wildman–Crippen MR) is 150 cm³/mol. The molecule has 0 aliphatic rings. The molecule has 0 bridgehead atoms. The van der Waals surface area contributed by atoms with Crippen molar-refractivity contribution in [1.29, 1.82) is 0 Å². The Morgan fingerprint density at radius 3 is 2.37 bits per heavy atom. The second kappa shape index (κ2) is 8.78. The summed E-state index contributed by atoms with van der Waals surface area (Å²) in [5.41, 5.74) is 4.64. The first-order valence-electron chi connectivity index (χ1n) is 11.9. The lowest BCUT2D eigenvalue weighted by Crippen LogP contribution is -1.95. The second-order valence-corrected chi connectivity index (χ2v) is 10.4. The van der Waals surface area contributed by atoms with Crippen LogP contribution in [0.3, 0.4) is 0 Å². The number of benzene rings is 4. The van der Waals surface area contributed by atoms with Crippen LogP contribution in [0.5, 0.6) is 11.5 Å². The molecule has 3 nitrogen and oxygen atoms in total. The van der Waals surface area contributed by atoms with Crippen LogP contribution in [-0.2, 0) is 6.42 Å². The normalized spacial score (nSPS) is 11.8. The molecule has 0 aliphatic heterocycles. The highest BCUT2D eigenvalue weighted by Crippen LogP contribution is 2.45. The standard InChI is InChI=1S/C30H26ClNO2S/c1-4-5-6-18-13-25-28(26(31)14-18)32(21-9-7-19-8-10-22(33-2)16-20(19)15-21)29-24-12-11-23(34-3)17-27(24)35-30(25)29/h7-17H,4-6H2,1-3H3. The summed E-state index contributed by atoms with van der Waals surface area (Å²) in [5.74, 6) is 1.72. The van der Waals surface area contributed by atoms with Gasteiger partial charge in [0.15, 0.2) is 0 Å². The van der Waals surface area contributed by atoms with Gasteiger partial charge in [-0.25, -0.2) is 0 Å². The van der Waals surface area contributed by atoms with Gasteiger partial charge in [0.1, 0.15) is 11.5 Å². The Balaban J connectivity index is 1.71. The molecule has 0 saturated carbocycles. The number of methoxy groups -OCH3 is 2. The van der Waals surface area contributed by atoms with Gasteiger partial charge in [0.05, 0.1) is 35.0 Å². The number of aryl methyl sites for hydroxylation is 1. The molecule has 0 saturated heterocycles. The van der Waals surface area contributed by atoms with Crippen LogP contribution in [0.25, 0.3) is 47.7 Å². The lowest BCUT2D eigenvalue weighted by atomic mass is 10.1. The average molecular weight is 500 g/mol. The minimum Gasteiger partial charge on any atom is -0.497 e. The lowest BCUT2D eigenvalue weighted by Gasteiger charge is -2.12. The Kier molecular flexibility index (Phi) is 5.58. The topological polar surface area (TPSA) is 23.4 Å². The zero-order valence-electron chi connectivity index (χ0n) is 20.0. The highest BCUT2D eigenvalue weighted by Gasteiger charge is 2.21. The van der Waals surface area contributed by atoms with E-state index < -0.39 is 0 Å². The molecule has 0 amide bonds. The number of halogens is 1. The van der Waals surface area contributed by atoms with Crippen LogP contribution in [0.4, 0.5) is 0 Å². The number of fused-ring (bicyclic) bond motifs is 6. The van der Waals surface area contributed by atoms with E-state index in [9.17, 15) is 0 Å². The number of unbranched alkanes of at least 4 members (excludes halogenated alkanes) is 1. The van der Waals surface area contributed by atoms with Crippen molar-refractivity contribution in [3.63, 3.8) is 0 Å². The third kappa shape index (κ3) is 3.64. The molecule has 4 aromatic carbocycles. The van der Waals surface area contributed by atoms with Crippen molar-refractivity contribution in [3.8, 4) is 17.2 Å². The highest BCUT2D eigenvalue weighted by atomic mass is 35.5. The fourth-order valence-corrected chi connectivity index (χ4v) is 6.58. The Morgan fingerprint density at radius 1 is 0.800 bits per heavy atom. The maximum absolute atomic E-state index is 7.03. The number of hydrogen-bond acceptors (Lipinski definition) is 3. The maximum atomic E-state index is 7.03. The summed E-state index contributed by atoms with van der Waals surface area (Å²) in [7, 11) is 3.42. The summed E-state index contributed by atoms with van der Waals surface area (Å²) in [6, 6.07) is 23.6. The summed E-state index contributed by atoms with van der Waals surface area (Å²) in [6.45, 7) is 2.23. The molecule has 0 radical (unpaired) electrons. The number of rotatable bonds is 6. The summed E-state index contributed by atoms with van der Waals surface area (Å²) in [6.07, 6.45) is 3.35. The molecule has 0 fully saturated rings. The molecule has 2 heterocycles. The molecule has 176 valence electrons. The van der Waals surface area contributed by atoms with Crippen molar-refractivity contribution in [3.05, 3.63) is 77.3 Å². The van der Waals surface area contributed by atoms with Crippen LogP contribution in [0.2, 0.25) is 5.02 Å². The molecule has 0 spiro atoms. The Bertz CT molecular complexity index is 1730. The molecule has 0 atom stereocenters. The fraction of sp³-hybridized carbons (Fsp3) is 0.200. The molecule has 5 heteroatoms. The number of ether oxygens (including phenoxy) is 2. The van der Waals surface area contributed by atoms with E-state index in [0.717, 1.165) is 52.4 Å². The van der Waals surface area contributed by atoms with E-state index >= 15 is 0 Å². The summed E-state index contributed by atoms with van der Waals surface area (Å²) in [4.78, 5) is 0. The van der Waals surface area contributed by atoms with E-state index in [1.165, 1.54) is 36.6 Å². The minimum atomic E-state index is 0.796. The highest BCUT2D eigenvalue weighted by molar-refractivity contribution is 7.26. The first-order chi connectivity index (χ1) is 17.1. The quantitative estimate of drug-likeness (QED) is 0.228. The molecule has 6 aromatic rings. The van der Waals surface area contributed by atoms with Crippen molar-refractivity contribution in [2.45, 2.75) is 26.2 Å². The number of thiophene rings is 1. The van der Waals surface area contributed by atoms with Gasteiger partial charge in [-0.05, 0) is 83.8 Å². The van der Waals surface area contributed by atoms with Gasteiger partial charge >= 0.3 is 0 Å². The Labute approximate surface area is 213 Å². The third-order valence-corrected chi connectivity index (χ3v) is 8.26. The van der Waals surface area contributed by atoms with Crippen LogP contribution in [0.1, 0.15) is 25.3 Å². The molecular weight excluding hydrogens is 474 g/mol. The summed E-state index contributed by atoms with van der Waals surface area (Å²) in [5, 5.41) is 5.52.